The van der Waals surface area contributed by atoms with E-state index in [-0.39, 0.29) is 5.97 Å². The molecule has 0 heterocycles. The molecule has 3 aromatic rings. The lowest BCUT2D eigenvalue weighted by molar-refractivity contribution is -0.144. The van der Waals surface area contributed by atoms with Gasteiger partial charge in [-0.05, 0) is 22.4 Å². The summed E-state index contributed by atoms with van der Waals surface area (Å²) in [5.74, 6) is -0.291. The van der Waals surface area contributed by atoms with Crippen LogP contribution in [-0.4, -0.2) is 5.97 Å². The van der Waals surface area contributed by atoms with E-state index in [1.807, 2.05) is 66.7 Å². The van der Waals surface area contributed by atoms with Crippen molar-refractivity contribution in [3.8, 4) is 0 Å². The van der Waals surface area contributed by atoms with Crippen LogP contribution in [0.1, 0.15) is 24.2 Å². The number of carbonyl (C=O) groups excluding carboxylic acids is 1. The van der Waals surface area contributed by atoms with Crippen LogP contribution < -0.4 is 0 Å². The molecule has 23 heavy (non-hydrogen) atoms. The number of hydrogen-bond donors (Lipinski definition) is 0. The van der Waals surface area contributed by atoms with Crippen LogP contribution in [0.5, 0.6) is 0 Å². The second-order valence-electron chi connectivity index (χ2n) is 5.37. The first kappa shape index (κ1) is 15.0. The van der Waals surface area contributed by atoms with Crippen LogP contribution in [0, 0.1) is 0 Å². The number of rotatable bonds is 4. The molecule has 0 aliphatic carbocycles. The van der Waals surface area contributed by atoms with Crippen LogP contribution >= 0.6 is 0 Å². The summed E-state index contributed by atoms with van der Waals surface area (Å²) in [7, 11) is 0. The molecule has 0 aliphatic heterocycles. The van der Waals surface area contributed by atoms with Gasteiger partial charge in [-0.1, -0.05) is 78.9 Å². The van der Waals surface area contributed by atoms with Crippen LogP contribution in [0.4, 0.5) is 0 Å². The van der Waals surface area contributed by atoms with E-state index in [0.717, 1.165) is 21.9 Å². The van der Waals surface area contributed by atoms with Gasteiger partial charge in [0.2, 0.25) is 0 Å². The van der Waals surface area contributed by atoms with Gasteiger partial charge in [0.1, 0.15) is 6.10 Å². The summed E-state index contributed by atoms with van der Waals surface area (Å²) in [6.45, 7) is 1.44. The molecule has 0 aromatic heterocycles. The number of benzene rings is 3. The first-order valence-corrected chi connectivity index (χ1v) is 7.62. The number of fused-ring (bicyclic) bond motifs is 1. The monoisotopic (exact) mass is 302 g/mol. The minimum Gasteiger partial charge on any atom is -0.453 e. The third-order valence-corrected chi connectivity index (χ3v) is 3.69. The van der Waals surface area contributed by atoms with Crippen LogP contribution in [-0.2, 0) is 9.53 Å². The molecule has 0 N–H and O–H groups in total. The SMILES string of the molecule is CC(=O)OC(/C=C/c1ccccc1)c1cccc2ccccc12. The van der Waals surface area contributed by atoms with Gasteiger partial charge in [0.25, 0.3) is 0 Å². The molecular weight excluding hydrogens is 284 g/mol. The highest BCUT2D eigenvalue weighted by atomic mass is 16.5. The summed E-state index contributed by atoms with van der Waals surface area (Å²) in [6, 6.07) is 24.2. The third kappa shape index (κ3) is 3.67. The Hall–Kier alpha value is -2.87. The molecule has 0 fully saturated rings. The van der Waals surface area contributed by atoms with Crippen molar-refractivity contribution in [3.05, 3.63) is 90.0 Å². The predicted molar refractivity (Wildman–Crippen MR) is 93.9 cm³/mol. The highest BCUT2D eigenvalue weighted by Gasteiger charge is 2.14. The average molecular weight is 302 g/mol. The molecule has 2 heteroatoms. The largest absolute Gasteiger partial charge is 0.453 e. The minimum absolute atomic E-state index is 0.291. The molecule has 3 aromatic carbocycles. The third-order valence-electron chi connectivity index (χ3n) is 3.69. The summed E-state index contributed by atoms with van der Waals surface area (Å²) in [5, 5.41) is 2.23. The molecule has 2 nitrogen and oxygen atoms in total. The van der Waals surface area contributed by atoms with Crippen molar-refractivity contribution in [2.75, 3.05) is 0 Å². The Labute approximate surface area is 136 Å². The Morgan fingerprint density at radius 3 is 2.39 bits per heavy atom. The van der Waals surface area contributed by atoms with Crippen molar-refractivity contribution in [3.63, 3.8) is 0 Å². The molecular formula is C21H18O2. The molecule has 3 rings (SSSR count). The first-order valence-electron chi connectivity index (χ1n) is 7.62. The summed E-state index contributed by atoms with van der Waals surface area (Å²) in [5.41, 5.74) is 2.07. The first-order chi connectivity index (χ1) is 11.2. The molecule has 0 saturated heterocycles. The van der Waals surface area contributed by atoms with Crippen molar-refractivity contribution in [2.45, 2.75) is 13.0 Å². The molecule has 0 amide bonds. The van der Waals surface area contributed by atoms with E-state index >= 15 is 0 Å². The van der Waals surface area contributed by atoms with Crippen molar-refractivity contribution < 1.29 is 9.53 Å². The topological polar surface area (TPSA) is 26.3 Å². The Morgan fingerprint density at radius 1 is 0.913 bits per heavy atom. The highest BCUT2D eigenvalue weighted by molar-refractivity contribution is 5.86. The van der Waals surface area contributed by atoms with Gasteiger partial charge >= 0.3 is 5.97 Å². The summed E-state index contributed by atoms with van der Waals surface area (Å²) < 4.78 is 5.54. The van der Waals surface area contributed by atoms with Crippen LogP contribution in [0.15, 0.2) is 78.9 Å². The van der Waals surface area contributed by atoms with Gasteiger partial charge in [-0.25, -0.2) is 0 Å². The maximum Gasteiger partial charge on any atom is 0.303 e. The lowest BCUT2D eigenvalue weighted by Crippen LogP contribution is -2.06. The van der Waals surface area contributed by atoms with E-state index in [1.165, 1.54) is 6.92 Å². The van der Waals surface area contributed by atoms with E-state index in [9.17, 15) is 4.79 Å². The lowest BCUT2D eigenvalue weighted by Gasteiger charge is -2.16. The molecule has 1 atom stereocenters. The van der Waals surface area contributed by atoms with Crippen LogP contribution in [0.25, 0.3) is 16.8 Å². The zero-order valence-corrected chi connectivity index (χ0v) is 13.0. The van der Waals surface area contributed by atoms with Gasteiger partial charge in [0, 0.05) is 12.5 Å². The maximum atomic E-state index is 11.5. The number of carbonyl (C=O) groups is 1. The smallest absolute Gasteiger partial charge is 0.303 e. The zero-order chi connectivity index (χ0) is 16.1. The molecule has 0 spiro atoms. The van der Waals surface area contributed by atoms with E-state index in [1.54, 1.807) is 0 Å². The van der Waals surface area contributed by atoms with Gasteiger partial charge in [-0.2, -0.15) is 0 Å². The molecule has 0 radical (unpaired) electrons. The molecule has 1 unspecified atom stereocenters. The number of hydrogen-bond acceptors (Lipinski definition) is 2. The van der Waals surface area contributed by atoms with E-state index < -0.39 is 6.10 Å². The van der Waals surface area contributed by atoms with Crippen LogP contribution in [0.3, 0.4) is 0 Å². The number of ether oxygens (including phenoxy) is 1. The second-order valence-corrected chi connectivity index (χ2v) is 5.37. The lowest BCUT2D eigenvalue weighted by atomic mass is 9.99. The van der Waals surface area contributed by atoms with Gasteiger partial charge in [0.05, 0.1) is 0 Å². The molecule has 114 valence electrons. The fraction of sp³-hybridized carbons (Fsp3) is 0.0952. The van der Waals surface area contributed by atoms with E-state index in [4.69, 9.17) is 4.74 Å². The van der Waals surface area contributed by atoms with Gasteiger partial charge in [-0.3, -0.25) is 4.79 Å². The van der Waals surface area contributed by atoms with Crippen molar-refractivity contribution in [2.24, 2.45) is 0 Å². The van der Waals surface area contributed by atoms with Crippen molar-refractivity contribution in [1.29, 1.82) is 0 Å². The molecule has 0 bridgehead atoms. The minimum atomic E-state index is -0.404. The molecule has 0 aliphatic rings. The van der Waals surface area contributed by atoms with Gasteiger partial charge in [-0.15, -0.1) is 0 Å². The normalized spacial score (nSPS) is 12.4. The Kier molecular flexibility index (Phi) is 4.53. The van der Waals surface area contributed by atoms with Gasteiger partial charge in [0.15, 0.2) is 0 Å². The predicted octanol–water partition coefficient (Wildman–Crippen LogP) is 5.16. The van der Waals surface area contributed by atoms with Crippen molar-refractivity contribution in [1.82, 2.24) is 0 Å². The fourth-order valence-electron chi connectivity index (χ4n) is 2.65. The fourth-order valence-corrected chi connectivity index (χ4v) is 2.65. The quantitative estimate of drug-likeness (QED) is 0.622. The van der Waals surface area contributed by atoms with E-state index in [0.29, 0.717) is 0 Å². The highest BCUT2D eigenvalue weighted by Crippen LogP contribution is 2.28. The molecule has 0 saturated carbocycles. The van der Waals surface area contributed by atoms with E-state index in [2.05, 4.69) is 18.2 Å². The second kappa shape index (κ2) is 6.93. The van der Waals surface area contributed by atoms with Crippen LogP contribution in [0.2, 0.25) is 0 Å². The Balaban J connectivity index is 2.01. The van der Waals surface area contributed by atoms with Gasteiger partial charge < -0.3 is 4.74 Å². The Bertz CT molecular complexity index is 829. The maximum absolute atomic E-state index is 11.5. The average Bonchev–Trinajstić information content (AvgIpc) is 2.59. The Morgan fingerprint density at radius 2 is 1.61 bits per heavy atom. The van der Waals surface area contributed by atoms with Crippen molar-refractivity contribution >= 4 is 22.8 Å². The summed E-state index contributed by atoms with van der Waals surface area (Å²) in [6.07, 6.45) is 3.51. The number of esters is 1. The standard InChI is InChI=1S/C21H18O2/c1-16(22)23-21(15-14-17-8-3-2-4-9-17)20-13-7-11-18-10-5-6-12-19(18)20/h2-15,21H,1H3/b15-14+. The summed E-state index contributed by atoms with van der Waals surface area (Å²) >= 11 is 0. The zero-order valence-electron chi connectivity index (χ0n) is 13.0. The summed E-state index contributed by atoms with van der Waals surface area (Å²) in [4.78, 5) is 11.5.